The SMILES string of the molecule is CCC(O)C(C)C(=O)C[P+](=O)O. The van der Waals surface area contributed by atoms with E-state index in [9.17, 15) is 14.5 Å². The molecule has 3 atom stereocenters. The highest BCUT2D eigenvalue weighted by Crippen LogP contribution is 2.17. The minimum Gasteiger partial charge on any atom is -0.392 e. The Labute approximate surface area is 72.5 Å². The van der Waals surface area contributed by atoms with Crippen molar-refractivity contribution in [3.8, 4) is 0 Å². The Morgan fingerprint density at radius 1 is 1.58 bits per heavy atom. The summed E-state index contributed by atoms with van der Waals surface area (Å²) < 4.78 is 10.3. The van der Waals surface area contributed by atoms with Gasteiger partial charge in [-0.25, -0.2) is 0 Å². The summed E-state index contributed by atoms with van der Waals surface area (Å²) in [6, 6.07) is 0. The van der Waals surface area contributed by atoms with Crippen LogP contribution >= 0.6 is 8.03 Å². The number of rotatable bonds is 5. The molecule has 0 saturated heterocycles. The summed E-state index contributed by atoms with van der Waals surface area (Å²) in [5.41, 5.74) is 0. The van der Waals surface area contributed by atoms with Crippen molar-refractivity contribution >= 4 is 13.8 Å². The molecule has 0 aliphatic rings. The van der Waals surface area contributed by atoms with E-state index in [0.717, 1.165) is 0 Å². The molecule has 0 heterocycles. The number of carbonyl (C=O) groups excluding carboxylic acids is 1. The second-order valence-electron chi connectivity index (χ2n) is 2.74. The van der Waals surface area contributed by atoms with Crippen LogP contribution in [0.1, 0.15) is 20.3 Å². The van der Waals surface area contributed by atoms with Crippen molar-refractivity contribution in [2.24, 2.45) is 5.92 Å². The number of Topliss-reactive ketones (excluding diaryl/α,β-unsaturated/α-hetero) is 1. The third-order valence-corrected chi connectivity index (χ3v) is 2.38. The van der Waals surface area contributed by atoms with Crippen molar-refractivity contribution in [2.45, 2.75) is 26.4 Å². The molecule has 0 aliphatic heterocycles. The minimum absolute atomic E-state index is 0.354. The van der Waals surface area contributed by atoms with Gasteiger partial charge in [-0.2, -0.15) is 4.89 Å². The van der Waals surface area contributed by atoms with E-state index in [2.05, 4.69) is 0 Å². The summed E-state index contributed by atoms with van der Waals surface area (Å²) >= 11 is 0. The van der Waals surface area contributed by atoms with Crippen LogP contribution < -0.4 is 0 Å². The van der Waals surface area contributed by atoms with Gasteiger partial charge in [0.15, 0.2) is 5.78 Å². The van der Waals surface area contributed by atoms with Crippen LogP contribution in [0.4, 0.5) is 0 Å². The van der Waals surface area contributed by atoms with Crippen LogP contribution in [0.3, 0.4) is 0 Å². The van der Waals surface area contributed by atoms with E-state index >= 15 is 0 Å². The Hall–Kier alpha value is -0.310. The number of hydrogen-bond acceptors (Lipinski definition) is 3. The molecule has 0 aromatic carbocycles. The fraction of sp³-hybridized carbons (Fsp3) is 0.857. The second kappa shape index (κ2) is 5.36. The predicted molar refractivity (Wildman–Crippen MR) is 45.2 cm³/mol. The van der Waals surface area contributed by atoms with E-state index in [1.807, 2.05) is 0 Å². The molecule has 0 spiro atoms. The van der Waals surface area contributed by atoms with Gasteiger partial charge in [-0.05, 0) is 11.0 Å². The molecule has 5 heteroatoms. The van der Waals surface area contributed by atoms with Crippen LogP contribution in [-0.2, 0) is 9.36 Å². The van der Waals surface area contributed by atoms with Crippen molar-refractivity contribution in [2.75, 3.05) is 6.16 Å². The van der Waals surface area contributed by atoms with E-state index in [-0.39, 0.29) is 11.9 Å². The van der Waals surface area contributed by atoms with E-state index in [1.165, 1.54) is 0 Å². The largest absolute Gasteiger partial charge is 0.513 e. The van der Waals surface area contributed by atoms with Gasteiger partial charge < -0.3 is 5.11 Å². The maximum Gasteiger partial charge on any atom is 0.513 e. The van der Waals surface area contributed by atoms with E-state index in [0.29, 0.717) is 6.42 Å². The molecule has 4 nitrogen and oxygen atoms in total. The van der Waals surface area contributed by atoms with Gasteiger partial charge in [-0.1, -0.05) is 13.8 Å². The first-order valence-electron chi connectivity index (χ1n) is 3.83. The summed E-state index contributed by atoms with van der Waals surface area (Å²) in [6.45, 7) is 3.32. The summed E-state index contributed by atoms with van der Waals surface area (Å²) in [7, 11) is -2.41. The Morgan fingerprint density at radius 2 is 2.08 bits per heavy atom. The molecule has 0 rings (SSSR count). The third kappa shape index (κ3) is 3.90. The summed E-state index contributed by atoms with van der Waals surface area (Å²) in [6.07, 6.45) is -0.574. The molecule has 70 valence electrons. The van der Waals surface area contributed by atoms with Gasteiger partial charge in [-0.15, -0.1) is 0 Å². The molecule has 0 bridgehead atoms. The van der Waals surface area contributed by atoms with Gasteiger partial charge >= 0.3 is 8.03 Å². The van der Waals surface area contributed by atoms with Gasteiger partial charge in [-0.3, -0.25) is 4.79 Å². The number of ketones is 1. The van der Waals surface area contributed by atoms with E-state index in [1.54, 1.807) is 13.8 Å². The van der Waals surface area contributed by atoms with Gasteiger partial charge in [0.05, 0.1) is 6.10 Å². The van der Waals surface area contributed by atoms with E-state index < -0.39 is 20.0 Å². The smallest absolute Gasteiger partial charge is 0.392 e. The number of carbonyl (C=O) groups is 1. The molecular formula is C7H14O4P+. The first-order valence-corrected chi connectivity index (χ1v) is 5.23. The number of aliphatic hydroxyl groups is 1. The van der Waals surface area contributed by atoms with Crippen molar-refractivity contribution in [1.29, 1.82) is 0 Å². The number of aliphatic hydroxyl groups excluding tert-OH is 1. The molecule has 3 unspecified atom stereocenters. The monoisotopic (exact) mass is 193 g/mol. The maximum atomic E-state index is 11.0. The van der Waals surface area contributed by atoms with Crippen LogP contribution in [-0.4, -0.2) is 28.0 Å². The van der Waals surface area contributed by atoms with Crippen LogP contribution in [0.25, 0.3) is 0 Å². The zero-order chi connectivity index (χ0) is 9.72. The first-order chi connectivity index (χ1) is 5.49. The summed E-state index contributed by atoms with van der Waals surface area (Å²) in [4.78, 5) is 19.5. The molecule has 0 radical (unpaired) electrons. The molecule has 2 N–H and O–H groups in total. The molecule has 0 aromatic rings. The lowest BCUT2D eigenvalue weighted by molar-refractivity contribution is -0.123. The molecule has 12 heavy (non-hydrogen) atoms. The number of hydrogen-bond donors (Lipinski definition) is 2. The van der Waals surface area contributed by atoms with Crippen LogP contribution in [0.15, 0.2) is 0 Å². The molecule has 0 aliphatic carbocycles. The quantitative estimate of drug-likeness (QED) is 0.630. The highest BCUT2D eigenvalue weighted by atomic mass is 31.1. The topological polar surface area (TPSA) is 74.6 Å². The van der Waals surface area contributed by atoms with Gasteiger partial charge in [0, 0.05) is 5.92 Å². The van der Waals surface area contributed by atoms with E-state index in [4.69, 9.17) is 4.89 Å². The van der Waals surface area contributed by atoms with Crippen molar-refractivity contribution in [3.05, 3.63) is 0 Å². The van der Waals surface area contributed by atoms with Crippen molar-refractivity contribution < 1.29 is 19.4 Å². The van der Waals surface area contributed by atoms with Gasteiger partial charge in [0.1, 0.15) is 0 Å². The average molecular weight is 193 g/mol. The summed E-state index contributed by atoms with van der Waals surface area (Å²) in [5, 5.41) is 9.21. The molecular weight excluding hydrogens is 179 g/mol. The van der Waals surface area contributed by atoms with Crippen molar-refractivity contribution in [1.82, 2.24) is 0 Å². The molecule has 0 amide bonds. The lowest BCUT2D eigenvalue weighted by Crippen LogP contribution is -2.26. The van der Waals surface area contributed by atoms with Crippen LogP contribution in [0.2, 0.25) is 0 Å². The Kier molecular flexibility index (Phi) is 5.22. The maximum absolute atomic E-state index is 11.0. The normalized spacial score (nSPS) is 16.8. The Morgan fingerprint density at radius 3 is 2.42 bits per heavy atom. The first kappa shape index (κ1) is 11.7. The van der Waals surface area contributed by atoms with Crippen molar-refractivity contribution in [3.63, 3.8) is 0 Å². The van der Waals surface area contributed by atoms with Crippen LogP contribution in [0.5, 0.6) is 0 Å². The van der Waals surface area contributed by atoms with Gasteiger partial charge in [0.25, 0.3) is 0 Å². The third-order valence-electron chi connectivity index (χ3n) is 1.79. The average Bonchev–Trinajstić information content (AvgIpc) is 2.00. The lowest BCUT2D eigenvalue weighted by Gasteiger charge is -2.12. The zero-order valence-corrected chi connectivity index (χ0v) is 8.12. The predicted octanol–water partition coefficient (Wildman–Crippen LogP) is 0.697. The minimum atomic E-state index is -2.41. The lowest BCUT2D eigenvalue weighted by atomic mass is 9.99. The standard InChI is InChI=1S/C7H13O4P/c1-3-6(8)5(2)7(9)4-12(10)11/h5-6,8H,3-4H2,1-2H3/p+1. The fourth-order valence-corrected chi connectivity index (χ4v) is 1.40. The molecule has 0 aromatic heterocycles. The van der Waals surface area contributed by atoms with Gasteiger partial charge in [0.2, 0.25) is 6.16 Å². The molecule has 0 saturated carbocycles. The Balaban J connectivity index is 4.01. The second-order valence-corrected chi connectivity index (χ2v) is 3.76. The highest BCUT2D eigenvalue weighted by Gasteiger charge is 2.27. The summed E-state index contributed by atoms with van der Waals surface area (Å²) in [5.74, 6) is -0.894. The molecule has 0 fully saturated rings. The zero-order valence-electron chi connectivity index (χ0n) is 7.23. The highest BCUT2D eigenvalue weighted by molar-refractivity contribution is 7.39. The Bertz CT molecular complexity index is 180. The fourth-order valence-electron chi connectivity index (χ4n) is 0.845. The van der Waals surface area contributed by atoms with Crippen LogP contribution in [0, 0.1) is 5.92 Å².